The first-order valence-electron chi connectivity index (χ1n) is 5.79. The van der Waals surface area contributed by atoms with Gasteiger partial charge in [0.05, 0.1) is 5.69 Å². The Balaban J connectivity index is 2.56. The minimum atomic E-state index is -0.511. The van der Waals surface area contributed by atoms with Gasteiger partial charge in [-0.15, -0.1) is 0 Å². The van der Waals surface area contributed by atoms with E-state index in [-0.39, 0.29) is 0 Å². The zero-order chi connectivity index (χ0) is 13.8. The highest BCUT2D eigenvalue weighted by Gasteiger charge is 2.15. The summed E-state index contributed by atoms with van der Waals surface area (Å²) in [6.45, 7) is 11.2. The summed E-state index contributed by atoms with van der Waals surface area (Å²) < 4.78 is 5.11. The van der Waals surface area contributed by atoms with Crippen LogP contribution in [0.15, 0.2) is 30.8 Å². The average Bonchev–Trinajstić information content (AvgIpc) is 2.24. The first-order chi connectivity index (χ1) is 8.28. The van der Waals surface area contributed by atoms with Crippen LogP contribution in [-0.2, 0) is 4.74 Å². The highest BCUT2D eigenvalue weighted by molar-refractivity contribution is 5.71. The first kappa shape index (κ1) is 14.1. The number of carbonyl (C=O) groups excluding carboxylic acids is 1. The van der Waals surface area contributed by atoms with E-state index in [1.165, 1.54) is 0 Å². The molecule has 0 saturated heterocycles. The summed E-state index contributed by atoms with van der Waals surface area (Å²) >= 11 is 0. The molecule has 0 aliphatic heterocycles. The van der Waals surface area contributed by atoms with Crippen molar-refractivity contribution in [3.05, 3.63) is 36.4 Å². The molecule has 18 heavy (non-hydrogen) atoms. The van der Waals surface area contributed by atoms with Crippen LogP contribution in [0.4, 0.5) is 10.5 Å². The highest BCUT2D eigenvalue weighted by Crippen LogP contribution is 2.16. The van der Waals surface area contributed by atoms with Crippen molar-refractivity contribution in [2.75, 3.05) is 5.43 Å². The van der Waals surface area contributed by atoms with E-state index in [0.717, 1.165) is 16.8 Å². The maximum absolute atomic E-state index is 11.4. The van der Waals surface area contributed by atoms with Gasteiger partial charge in [0.25, 0.3) is 0 Å². The minimum Gasteiger partial charge on any atom is -0.443 e. The Morgan fingerprint density at radius 1 is 1.33 bits per heavy atom. The number of hydrogen-bond acceptors (Lipinski definition) is 3. The van der Waals surface area contributed by atoms with Crippen molar-refractivity contribution >= 4 is 17.4 Å². The van der Waals surface area contributed by atoms with Crippen molar-refractivity contribution in [3.8, 4) is 0 Å². The second-order valence-electron chi connectivity index (χ2n) is 5.11. The van der Waals surface area contributed by atoms with Crippen molar-refractivity contribution in [2.45, 2.75) is 33.3 Å². The molecule has 0 heterocycles. The summed E-state index contributed by atoms with van der Waals surface area (Å²) in [5.41, 5.74) is 7.54. The fraction of sp³-hybridized carbons (Fsp3) is 0.357. The summed E-state index contributed by atoms with van der Waals surface area (Å²) in [7, 11) is 0. The topological polar surface area (TPSA) is 50.4 Å². The number of nitrogens with one attached hydrogen (secondary N) is 2. The van der Waals surface area contributed by atoms with E-state index in [4.69, 9.17) is 4.74 Å². The van der Waals surface area contributed by atoms with Crippen LogP contribution >= 0.6 is 0 Å². The molecular formula is C14H20N2O2. The third-order valence-electron chi connectivity index (χ3n) is 2.06. The molecule has 98 valence electrons. The predicted octanol–water partition coefficient (Wildman–Crippen LogP) is 3.57. The van der Waals surface area contributed by atoms with Crippen LogP contribution in [0.1, 0.15) is 33.3 Å². The molecule has 0 bridgehead atoms. The van der Waals surface area contributed by atoms with Crippen LogP contribution in [0.5, 0.6) is 0 Å². The molecule has 1 aromatic rings. The molecule has 4 nitrogen and oxygen atoms in total. The number of ether oxygens (including phenoxy) is 1. The fourth-order valence-electron chi connectivity index (χ4n) is 1.29. The normalized spacial score (nSPS) is 10.7. The number of rotatable bonds is 3. The summed E-state index contributed by atoms with van der Waals surface area (Å²) in [5.74, 6) is 0. The zero-order valence-electron chi connectivity index (χ0n) is 11.3. The van der Waals surface area contributed by atoms with Crippen LogP contribution in [0.3, 0.4) is 0 Å². The van der Waals surface area contributed by atoms with Gasteiger partial charge in [-0.05, 0) is 45.4 Å². The Morgan fingerprint density at radius 2 is 2.00 bits per heavy atom. The molecule has 1 amide bonds. The van der Waals surface area contributed by atoms with Gasteiger partial charge in [-0.2, -0.15) is 0 Å². The molecule has 1 aromatic carbocycles. The molecule has 0 unspecified atom stereocenters. The molecule has 0 aliphatic rings. The van der Waals surface area contributed by atoms with Crippen molar-refractivity contribution in [2.24, 2.45) is 0 Å². The quantitative estimate of drug-likeness (QED) is 0.804. The molecule has 1 rings (SSSR count). The molecule has 4 heteroatoms. The molecule has 0 spiro atoms. The molecule has 0 fully saturated rings. The van der Waals surface area contributed by atoms with Crippen LogP contribution in [0.25, 0.3) is 5.57 Å². The van der Waals surface area contributed by atoms with Crippen LogP contribution in [0.2, 0.25) is 0 Å². The number of hydrogen-bond donors (Lipinski definition) is 2. The standard InChI is InChI=1S/C14H20N2O2/c1-10(2)11-7-6-8-12(9-11)15-16-13(17)18-14(3,4)5/h6-9,15H,1H2,2-5H3,(H,16,17). The number of allylic oxidation sites excluding steroid dienone is 1. The maximum Gasteiger partial charge on any atom is 0.426 e. The lowest BCUT2D eigenvalue weighted by Gasteiger charge is -2.20. The van der Waals surface area contributed by atoms with Crippen molar-refractivity contribution < 1.29 is 9.53 Å². The van der Waals surface area contributed by atoms with Gasteiger partial charge in [-0.25, -0.2) is 10.2 Å². The lowest BCUT2D eigenvalue weighted by molar-refractivity contribution is 0.0541. The average molecular weight is 248 g/mol. The van der Waals surface area contributed by atoms with Gasteiger partial charge in [0, 0.05) is 0 Å². The van der Waals surface area contributed by atoms with Gasteiger partial charge in [0.1, 0.15) is 5.60 Å². The lowest BCUT2D eigenvalue weighted by Crippen LogP contribution is -2.35. The van der Waals surface area contributed by atoms with E-state index in [0.29, 0.717) is 0 Å². The zero-order valence-corrected chi connectivity index (χ0v) is 11.3. The van der Waals surface area contributed by atoms with Gasteiger partial charge in [-0.3, -0.25) is 5.43 Å². The van der Waals surface area contributed by atoms with Crippen molar-refractivity contribution in [3.63, 3.8) is 0 Å². The molecule has 0 radical (unpaired) electrons. The second-order valence-corrected chi connectivity index (χ2v) is 5.11. The number of amides is 1. The Bertz CT molecular complexity index is 447. The Kier molecular flexibility index (Phi) is 4.37. The summed E-state index contributed by atoms with van der Waals surface area (Å²) in [5, 5.41) is 0. The van der Waals surface area contributed by atoms with Crippen LogP contribution in [0, 0.1) is 0 Å². The highest BCUT2D eigenvalue weighted by atomic mass is 16.6. The van der Waals surface area contributed by atoms with E-state index in [9.17, 15) is 4.79 Å². The van der Waals surface area contributed by atoms with Crippen LogP contribution in [-0.4, -0.2) is 11.7 Å². The number of benzene rings is 1. The number of hydrazine groups is 1. The first-order valence-corrected chi connectivity index (χ1v) is 5.79. The summed E-state index contributed by atoms with van der Waals surface area (Å²) in [6.07, 6.45) is -0.511. The van der Waals surface area contributed by atoms with Crippen molar-refractivity contribution in [1.29, 1.82) is 0 Å². The SMILES string of the molecule is C=C(C)c1cccc(NNC(=O)OC(C)(C)C)c1. The Hall–Kier alpha value is -1.97. The number of anilines is 1. The third kappa shape index (κ3) is 4.91. The van der Waals surface area contributed by atoms with E-state index >= 15 is 0 Å². The smallest absolute Gasteiger partial charge is 0.426 e. The maximum atomic E-state index is 11.4. The molecule has 0 aromatic heterocycles. The molecule has 2 N–H and O–H groups in total. The third-order valence-corrected chi connectivity index (χ3v) is 2.06. The number of carbonyl (C=O) groups is 1. The monoisotopic (exact) mass is 248 g/mol. The van der Waals surface area contributed by atoms with Gasteiger partial charge in [0.15, 0.2) is 0 Å². The molecule has 0 saturated carbocycles. The minimum absolute atomic E-state index is 0.509. The second kappa shape index (κ2) is 5.58. The Labute approximate surface area is 108 Å². The summed E-state index contributed by atoms with van der Waals surface area (Å²) in [6, 6.07) is 7.60. The summed E-state index contributed by atoms with van der Waals surface area (Å²) in [4.78, 5) is 11.4. The molecular weight excluding hydrogens is 228 g/mol. The van der Waals surface area contributed by atoms with Gasteiger partial charge in [-0.1, -0.05) is 24.3 Å². The van der Waals surface area contributed by atoms with Crippen molar-refractivity contribution in [1.82, 2.24) is 5.43 Å². The van der Waals surface area contributed by atoms with Gasteiger partial charge < -0.3 is 4.74 Å². The van der Waals surface area contributed by atoms with Crippen LogP contribution < -0.4 is 10.9 Å². The predicted molar refractivity (Wildman–Crippen MR) is 74.1 cm³/mol. The molecule has 0 aliphatic carbocycles. The Morgan fingerprint density at radius 3 is 2.56 bits per heavy atom. The van der Waals surface area contributed by atoms with E-state index in [1.807, 2.05) is 52.0 Å². The molecule has 0 atom stereocenters. The van der Waals surface area contributed by atoms with E-state index < -0.39 is 11.7 Å². The lowest BCUT2D eigenvalue weighted by atomic mass is 10.1. The van der Waals surface area contributed by atoms with Gasteiger partial charge in [0.2, 0.25) is 0 Å². The fourth-order valence-corrected chi connectivity index (χ4v) is 1.29. The van der Waals surface area contributed by atoms with Gasteiger partial charge >= 0.3 is 6.09 Å². The van der Waals surface area contributed by atoms with E-state index in [1.54, 1.807) is 0 Å². The largest absolute Gasteiger partial charge is 0.443 e. The van der Waals surface area contributed by atoms with E-state index in [2.05, 4.69) is 17.4 Å².